The molecule has 0 spiro atoms. The summed E-state index contributed by atoms with van der Waals surface area (Å²) in [5.41, 5.74) is 0.675. The molecule has 1 aliphatic rings. The Morgan fingerprint density at radius 1 is 1.17 bits per heavy atom. The van der Waals surface area contributed by atoms with Crippen LogP contribution in [0.4, 0.5) is 5.13 Å². The summed E-state index contributed by atoms with van der Waals surface area (Å²) in [6.07, 6.45) is 2.56. The van der Waals surface area contributed by atoms with E-state index in [-0.39, 0.29) is 5.92 Å². The Morgan fingerprint density at radius 2 is 1.83 bits per heavy atom. The van der Waals surface area contributed by atoms with Gasteiger partial charge in [-0.25, -0.2) is 0 Å². The molecule has 3 rings (SSSR count). The summed E-state index contributed by atoms with van der Waals surface area (Å²) >= 11 is 2.90. The number of hydrogen-bond acceptors (Lipinski definition) is 7. The molecule has 1 aromatic carbocycles. The third-order valence-electron chi connectivity index (χ3n) is 4.49. The maximum Gasteiger partial charge on any atom is 0.262 e. The molecule has 1 N–H and O–H groups in total. The van der Waals surface area contributed by atoms with Crippen LogP contribution >= 0.6 is 23.1 Å². The maximum atomic E-state index is 13.0. The number of amides is 3. The fourth-order valence-electron chi connectivity index (χ4n) is 3.08. The number of nitrogens with one attached hydrogen (secondary N) is 1. The summed E-state index contributed by atoms with van der Waals surface area (Å²) < 4.78 is 0.787. The first-order valence-electron chi connectivity index (χ1n) is 9.66. The molecule has 0 aliphatic carbocycles. The zero-order chi connectivity index (χ0) is 21.0. The number of thioether (sulfide) groups is 1. The molecule has 1 aliphatic heterocycles. The van der Waals surface area contributed by atoms with E-state index >= 15 is 0 Å². The van der Waals surface area contributed by atoms with Crippen molar-refractivity contribution in [1.29, 1.82) is 0 Å². The molecule has 0 saturated carbocycles. The average Bonchev–Trinajstić information content (AvgIpc) is 3.23. The van der Waals surface area contributed by atoms with Gasteiger partial charge in [0.05, 0.1) is 11.1 Å². The Labute approximate surface area is 178 Å². The summed E-state index contributed by atoms with van der Waals surface area (Å²) in [5, 5.41) is 11.2. The van der Waals surface area contributed by atoms with Gasteiger partial charge in [-0.1, -0.05) is 62.4 Å². The monoisotopic (exact) mass is 432 g/mol. The third-order valence-corrected chi connectivity index (χ3v) is 6.55. The van der Waals surface area contributed by atoms with E-state index in [1.54, 1.807) is 36.0 Å². The third kappa shape index (κ3) is 4.84. The number of benzene rings is 1. The Kier molecular flexibility index (Phi) is 7.02. The number of fused-ring (bicyclic) bond motifs is 1. The molecule has 9 heteroatoms. The first-order chi connectivity index (χ1) is 13.9. The highest BCUT2D eigenvalue weighted by molar-refractivity contribution is 8.01. The lowest BCUT2D eigenvalue weighted by Gasteiger charge is -2.26. The molecule has 154 valence electrons. The van der Waals surface area contributed by atoms with E-state index in [2.05, 4.69) is 22.4 Å². The fraction of sp³-hybridized carbons (Fsp3) is 0.450. The number of carbonyl (C=O) groups excluding carboxylic acids is 3. The number of unbranched alkanes of at least 4 members (excludes halogenated alkanes) is 1. The molecular formula is C20H24N4O3S2. The van der Waals surface area contributed by atoms with Crippen LogP contribution < -0.4 is 5.32 Å². The zero-order valence-corrected chi connectivity index (χ0v) is 18.3. The highest BCUT2D eigenvalue weighted by Crippen LogP contribution is 2.29. The topological polar surface area (TPSA) is 92.3 Å². The van der Waals surface area contributed by atoms with E-state index in [1.165, 1.54) is 11.3 Å². The summed E-state index contributed by atoms with van der Waals surface area (Å²) in [5.74, 6) is -0.220. The largest absolute Gasteiger partial charge is 0.299 e. The van der Waals surface area contributed by atoms with E-state index in [1.807, 2.05) is 13.8 Å². The Balaban J connectivity index is 1.76. The lowest BCUT2D eigenvalue weighted by Crippen LogP contribution is -2.47. The SMILES string of the molecule is CCCCSc1nnc(NC(=O)C(CC(C)C)N2C(=O)c3ccccc3C2=O)s1. The van der Waals surface area contributed by atoms with Crippen molar-refractivity contribution in [1.82, 2.24) is 15.1 Å². The van der Waals surface area contributed by atoms with Gasteiger partial charge in [-0.2, -0.15) is 0 Å². The zero-order valence-electron chi connectivity index (χ0n) is 16.7. The lowest BCUT2D eigenvalue weighted by molar-refractivity contribution is -0.120. The van der Waals surface area contributed by atoms with Gasteiger partial charge < -0.3 is 0 Å². The highest BCUT2D eigenvalue weighted by Gasteiger charge is 2.42. The molecule has 0 radical (unpaired) electrons. The standard InChI is InChI=1S/C20H24N4O3S2/c1-4-5-10-28-20-23-22-19(29-20)21-16(25)15(11-12(2)3)24-17(26)13-8-6-7-9-14(13)18(24)27/h6-9,12,15H,4-5,10-11H2,1-3H3,(H,21,22,25). The number of nitrogens with zero attached hydrogens (tertiary/aromatic N) is 3. The van der Waals surface area contributed by atoms with Crippen LogP contribution in [0.1, 0.15) is 60.7 Å². The van der Waals surface area contributed by atoms with Crippen molar-refractivity contribution in [3.8, 4) is 0 Å². The van der Waals surface area contributed by atoms with Crippen LogP contribution in [0.25, 0.3) is 0 Å². The van der Waals surface area contributed by atoms with Crippen LogP contribution in [0, 0.1) is 5.92 Å². The van der Waals surface area contributed by atoms with Gasteiger partial charge in [0.15, 0.2) is 4.34 Å². The highest BCUT2D eigenvalue weighted by atomic mass is 32.2. The number of carbonyl (C=O) groups is 3. The number of hydrogen-bond donors (Lipinski definition) is 1. The molecule has 0 fully saturated rings. The van der Waals surface area contributed by atoms with Crippen LogP contribution in [0.15, 0.2) is 28.6 Å². The van der Waals surface area contributed by atoms with E-state index in [0.29, 0.717) is 22.7 Å². The van der Waals surface area contributed by atoms with E-state index in [9.17, 15) is 14.4 Å². The summed E-state index contributed by atoms with van der Waals surface area (Å²) in [7, 11) is 0. The van der Waals surface area contributed by atoms with Crippen molar-refractivity contribution in [3.05, 3.63) is 35.4 Å². The van der Waals surface area contributed by atoms with E-state index in [0.717, 1.165) is 27.8 Å². The van der Waals surface area contributed by atoms with Gasteiger partial charge in [0, 0.05) is 5.75 Å². The summed E-state index contributed by atoms with van der Waals surface area (Å²) in [4.78, 5) is 39.8. The molecule has 0 bridgehead atoms. The van der Waals surface area contributed by atoms with Crippen molar-refractivity contribution in [2.75, 3.05) is 11.1 Å². The molecule has 2 heterocycles. The van der Waals surface area contributed by atoms with Crippen molar-refractivity contribution >= 4 is 46.0 Å². The van der Waals surface area contributed by atoms with Crippen LogP contribution in [-0.2, 0) is 4.79 Å². The predicted molar refractivity (Wildman–Crippen MR) is 114 cm³/mol. The summed E-state index contributed by atoms with van der Waals surface area (Å²) in [6.45, 7) is 6.03. The molecule has 0 saturated heterocycles. The average molecular weight is 433 g/mol. The van der Waals surface area contributed by atoms with Crippen LogP contribution in [0.3, 0.4) is 0 Å². The fourth-order valence-corrected chi connectivity index (χ4v) is 4.99. The lowest BCUT2D eigenvalue weighted by atomic mass is 10.0. The van der Waals surface area contributed by atoms with Gasteiger partial charge in [0.1, 0.15) is 6.04 Å². The normalized spacial score (nSPS) is 14.4. The molecular weight excluding hydrogens is 408 g/mol. The van der Waals surface area contributed by atoms with Crippen molar-refractivity contribution in [3.63, 3.8) is 0 Å². The van der Waals surface area contributed by atoms with Crippen molar-refractivity contribution in [2.45, 2.75) is 50.4 Å². The van der Waals surface area contributed by atoms with Crippen molar-refractivity contribution in [2.24, 2.45) is 5.92 Å². The van der Waals surface area contributed by atoms with Gasteiger partial charge in [-0.05, 0) is 30.9 Å². The molecule has 1 atom stereocenters. The smallest absolute Gasteiger partial charge is 0.262 e. The minimum Gasteiger partial charge on any atom is -0.299 e. The second-order valence-corrected chi connectivity index (χ2v) is 9.56. The number of anilines is 1. The van der Waals surface area contributed by atoms with Crippen LogP contribution in [0.5, 0.6) is 0 Å². The number of imide groups is 1. The van der Waals surface area contributed by atoms with Gasteiger partial charge in [0.25, 0.3) is 11.8 Å². The summed E-state index contributed by atoms with van der Waals surface area (Å²) in [6, 6.07) is 5.76. The van der Waals surface area contributed by atoms with Crippen LogP contribution in [-0.4, -0.2) is 44.6 Å². The molecule has 2 aromatic rings. The molecule has 1 aromatic heterocycles. The van der Waals surface area contributed by atoms with E-state index < -0.39 is 23.8 Å². The van der Waals surface area contributed by atoms with Crippen LogP contribution in [0.2, 0.25) is 0 Å². The molecule has 7 nitrogen and oxygen atoms in total. The van der Waals surface area contributed by atoms with Gasteiger partial charge in [-0.15, -0.1) is 10.2 Å². The van der Waals surface area contributed by atoms with Gasteiger partial charge in [-0.3, -0.25) is 24.6 Å². The number of rotatable bonds is 9. The Morgan fingerprint density at radius 3 is 2.41 bits per heavy atom. The molecule has 3 amide bonds. The first-order valence-corrected chi connectivity index (χ1v) is 11.5. The second-order valence-electron chi connectivity index (χ2n) is 7.24. The Bertz CT molecular complexity index is 878. The van der Waals surface area contributed by atoms with E-state index in [4.69, 9.17) is 0 Å². The quantitative estimate of drug-likeness (QED) is 0.278. The molecule has 1 unspecified atom stereocenters. The predicted octanol–water partition coefficient (Wildman–Crippen LogP) is 4.08. The van der Waals surface area contributed by atoms with Gasteiger partial charge in [0.2, 0.25) is 11.0 Å². The maximum absolute atomic E-state index is 13.0. The minimum atomic E-state index is -0.900. The Hall–Kier alpha value is -2.26. The number of aromatic nitrogens is 2. The van der Waals surface area contributed by atoms with Gasteiger partial charge >= 0.3 is 0 Å². The first kappa shape index (κ1) is 21.4. The molecule has 29 heavy (non-hydrogen) atoms. The minimum absolute atomic E-state index is 0.115. The second kappa shape index (κ2) is 9.49. The van der Waals surface area contributed by atoms with Crippen molar-refractivity contribution < 1.29 is 14.4 Å².